The van der Waals surface area contributed by atoms with Gasteiger partial charge in [-0.3, -0.25) is 9.69 Å². The molecule has 1 aliphatic rings. The molecule has 1 saturated heterocycles. The van der Waals surface area contributed by atoms with Crippen molar-refractivity contribution < 1.29 is 4.79 Å². The number of aryl methyl sites for hydroxylation is 1. The van der Waals surface area contributed by atoms with Crippen LogP contribution in [0.15, 0.2) is 60.7 Å². The molecule has 4 nitrogen and oxygen atoms in total. The summed E-state index contributed by atoms with van der Waals surface area (Å²) in [6.07, 6.45) is 2.50. The van der Waals surface area contributed by atoms with Gasteiger partial charge < -0.3 is 11.1 Å². The molecular weight excluding hydrogens is 310 g/mol. The number of nitrogens with one attached hydrogen (secondary N) is 1. The minimum atomic E-state index is -0.441. The van der Waals surface area contributed by atoms with Gasteiger partial charge in [0.15, 0.2) is 0 Å². The molecule has 2 atom stereocenters. The molecule has 1 heterocycles. The average molecular weight is 337 g/mol. The van der Waals surface area contributed by atoms with Gasteiger partial charge in [-0.15, -0.1) is 0 Å². The van der Waals surface area contributed by atoms with Crippen LogP contribution in [0.2, 0.25) is 0 Å². The van der Waals surface area contributed by atoms with E-state index < -0.39 is 6.04 Å². The van der Waals surface area contributed by atoms with Gasteiger partial charge in [0.1, 0.15) is 0 Å². The molecule has 1 fully saturated rings. The van der Waals surface area contributed by atoms with E-state index in [1.165, 1.54) is 11.1 Å². The number of carbonyl (C=O) groups excluding carboxylic acids is 1. The lowest BCUT2D eigenvalue weighted by Gasteiger charge is -2.18. The van der Waals surface area contributed by atoms with Gasteiger partial charge in [0.25, 0.3) is 0 Å². The van der Waals surface area contributed by atoms with Gasteiger partial charge in [-0.05, 0) is 30.4 Å². The third kappa shape index (κ3) is 5.41. The number of amides is 1. The van der Waals surface area contributed by atoms with Crippen molar-refractivity contribution in [1.29, 1.82) is 0 Å². The monoisotopic (exact) mass is 337 g/mol. The summed E-state index contributed by atoms with van der Waals surface area (Å²) >= 11 is 0. The maximum Gasteiger partial charge on any atom is 0.237 e. The third-order valence-corrected chi connectivity index (χ3v) is 4.79. The van der Waals surface area contributed by atoms with E-state index in [0.717, 1.165) is 32.5 Å². The Morgan fingerprint density at radius 1 is 1.08 bits per heavy atom. The molecular formula is C21H27N3O. The summed E-state index contributed by atoms with van der Waals surface area (Å²) in [7, 11) is 0. The van der Waals surface area contributed by atoms with E-state index in [0.29, 0.717) is 6.42 Å². The SMILES string of the molecule is NC(CCc1ccccc1)C(=O)NC1CCN(Cc2ccccc2)C1. The highest BCUT2D eigenvalue weighted by molar-refractivity contribution is 5.81. The first-order valence-electron chi connectivity index (χ1n) is 9.07. The number of carbonyl (C=O) groups is 1. The smallest absolute Gasteiger partial charge is 0.237 e. The standard InChI is InChI=1S/C21H27N3O/c22-20(12-11-17-7-3-1-4-8-17)21(25)23-19-13-14-24(16-19)15-18-9-5-2-6-10-18/h1-10,19-20H,11-16,22H2,(H,23,25). The predicted molar refractivity (Wildman–Crippen MR) is 101 cm³/mol. The van der Waals surface area contributed by atoms with Crippen LogP contribution in [-0.2, 0) is 17.8 Å². The molecule has 1 amide bonds. The Morgan fingerprint density at radius 3 is 2.40 bits per heavy atom. The second kappa shape index (κ2) is 8.79. The van der Waals surface area contributed by atoms with Crippen molar-refractivity contribution in [3.05, 3.63) is 71.8 Å². The summed E-state index contributed by atoms with van der Waals surface area (Å²) in [6, 6.07) is 20.4. The zero-order valence-corrected chi connectivity index (χ0v) is 14.6. The summed E-state index contributed by atoms with van der Waals surface area (Å²) in [5, 5.41) is 3.13. The van der Waals surface area contributed by atoms with E-state index in [2.05, 4.69) is 46.6 Å². The number of likely N-dealkylation sites (tertiary alicyclic amines) is 1. The first-order chi connectivity index (χ1) is 12.2. The third-order valence-electron chi connectivity index (χ3n) is 4.79. The molecule has 0 aliphatic carbocycles. The largest absolute Gasteiger partial charge is 0.351 e. The van der Waals surface area contributed by atoms with Crippen LogP contribution in [0.4, 0.5) is 0 Å². The molecule has 25 heavy (non-hydrogen) atoms. The molecule has 3 N–H and O–H groups in total. The number of hydrogen-bond donors (Lipinski definition) is 2. The van der Waals surface area contributed by atoms with Gasteiger partial charge in [0.2, 0.25) is 5.91 Å². The average Bonchev–Trinajstić information content (AvgIpc) is 3.08. The summed E-state index contributed by atoms with van der Waals surface area (Å²) in [4.78, 5) is 14.7. The molecule has 2 unspecified atom stereocenters. The molecule has 3 rings (SSSR count). The van der Waals surface area contributed by atoms with Crippen LogP contribution in [0.25, 0.3) is 0 Å². The molecule has 0 spiro atoms. The van der Waals surface area contributed by atoms with Gasteiger partial charge in [-0.1, -0.05) is 60.7 Å². The van der Waals surface area contributed by atoms with Gasteiger partial charge in [0, 0.05) is 25.7 Å². The quantitative estimate of drug-likeness (QED) is 0.815. The van der Waals surface area contributed by atoms with Crippen molar-refractivity contribution in [2.45, 2.75) is 37.9 Å². The highest BCUT2D eigenvalue weighted by Gasteiger charge is 2.25. The molecule has 0 aromatic heterocycles. The van der Waals surface area contributed by atoms with Gasteiger partial charge in [-0.2, -0.15) is 0 Å². The molecule has 1 aliphatic heterocycles. The van der Waals surface area contributed by atoms with Crippen molar-refractivity contribution in [1.82, 2.24) is 10.2 Å². The number of hydrogen-bond acceptors (Lipinski definition) is 3. The highest BCUT2D eigenvalue weighted by Crippen LogP contribution is 2.14. The Hall–Kier alpha value is -2.17. The molecule has 0 bridgehead atoms. The van der Waals surface area contributed by atoms with E-state index in [9.17, 15) is 4.79 Å². The molecule has 2 aromatic carbocycles. The Kier molecular flexibility index (Phi) is 6.20. The number of nitrogens with zero attached hydrogens (tertiary/aromatic N) is 1. The molecule has 0 saturated carbocycles. The van der Waals surface area contributed by atoms with Gasteiger partial charge >= 0.3 is 0 Å². The summed E-state index contributed by atoms with van der Waals surface area (Å²) in [6.45, 7) is 2.85. The second-order valence-corrected chi connectivity index (χ2v) is 6.85. The Labute approximate surface area is 150 Å². The summed E-state index contributed by atoms with van der Waals surface area (Å²) in [5.74, 6) is -0.0255. The first-order valence-corrected chi connectivity index (χ1v) is 9.07. The minimum absolute atomic E-state index is 0.0255. The Morgan fingerprint density at radius 2 is 1.72 bits per heavy atom. The van der Waals surface area contributed by atoms with Crippen LogP contribution >= 0.6 is 0 Å². The van der Waals surface area contributed by atoms with Gasteiger partial charge in [0.05, 0.1) is 6.04 Å². The number of rotatable bonds is 7. The lowest BCUT2D eigenvalue weighted by atomic mass is 10.1. The van der Waals surface area contributed by atoms with Crippen molar-refractivity contribution in [3.63, 3.8) is 0 Å². The van der Waals surface area contributed by atoms with E-state index in [4.69, 9.17) is 5.73 Å². The predicted octanol–water partition coefficient (Wildman–Crippen LogP) is 2.34. The van der Waals surface area contributed by atoms with Crippen LogP contribution in [0.3, 0.4) is 0 Å². The van der Waals surface area contributed by atoms with Crippen LogP contribution < -0.4 is 11.1 Å². The fourth-order valence-electron chi connectivity index (χ4n) is 3.34. The topological polar surface area (TPSA) is 58.4 Å². The summed E-state index contributed by atoms with van der Waals surface area (Å²) in [5.41, 5.74) is 8.61. The number of benzene rings is 2. The van der Waals surface area contributed by atoms with Gasteiger partial charge in [-0.25, -0.2) is 0 Å². The van der Waals surface area contributed by atoms with Crippen LogP contribution in [0.1, 0.15) is 24.0 Å². The molecule has 4 heteroatoms. The van der Waals surface area contributed by atoms with Crippen molar-refractivity contribution in [2.24, 2.45) is 5.73 Å². The van der Waals surface area contributed by atoms with E-state index >= 15 is 0 Å². The van der Waals surface area contributed by atoms with Crippen LogP contribution in [0, 0.1) is 0 Å². The highest BCUT2D eigenvalue weighted by atomic mass is 16.2. The molecule has 0 radical (unpaired) electrons. The van der Waals surface area contributed by atoms with E-state index in [1.54, 1.807) is 0 Å². The molecule has 132 valence electrons. The van der Waals surface area contributed by atoms with Crippen LogP contribution in [-0.4, -0.2) is 36.0 Å². The van der Waals surface area contributed by atoms with E-state index in [1.807, 2.05) is 24.3 Å². The Balaban J connectivity index is 1.40. The fourth-order valence-corrected chi connectivity index (χ4v) is 3.34. The first kappa shape index (κ1) is 17.6. The van der Waals surface area contributed by atoms with E-state index in [-0.39, 0.29) is 11.9 Å². The second-order valence-electron chi connectivity index (χ2n) is 6.85. The molecule has 2 aromatic rings. The maximum absolute atomic E-state index is 12.3. The zero-order chi connectivity index (χ0) is 17.5. The fraction of sp³-hybridized carbons (Fsp3) is 0.381. The zero-order valence-electron chi connectivity index (χ0n) is 14.6. The summed E-state index contributed by atoms with van der Waals surface area (Å²) < 4.78 is 0. The minimum Gasteiger partial charge on any atom is -0.351 e. The van der Waals surface area contributed by atoms with Crippen LogP contribution in [0.5, 0.6) is 0 Å². The van der Waals surface area contributed by atoms with Crippen molar-refractivity contribution in [3.8, 4) is 0 Å². The Bertz CT molecular complexity index is 659. The van der Waals surface area contributed by atoms with Crippen molar-refractivity contribution >= 4 is 5.91 Å². The van der Waals surface area contributed by atoms with Crippen molar-refractivity contribution in [2.75, 3.05) is 13.1 Å². The maximum atomic E-state index is 12.3. The lowest BCUT2D eigenvalue weighted by molar-refractivity contribution is -0.123. The lowest BCUT2D eigenvalue weighted by Crippen LogP contribution is -2.46. The normalized spacial score (nSPS) is 18.8. The number of nitrogens with two attached hydrogens (primary N) is 1.